The molecule has 2 N–H and O–H groups in total. The van der Waals surface area contributed by atoms with Gasteiger partial charge in [-0.15, -0.1) is 0 Å². The maximum absolute atomic E-state index is 10.3. The number of carbonyl (C=O) groups excluding carboxylic acids is 1. The molecule has 1 heterocycles. The standard InChI is InChI=1S/C6H10N2OS/c7-6(10)5-2-1-3-8(5)4-9/h4-5H,1-3H2,(H2,7,10)/t5-/m1/s1. The topological polar surface area (TPSA) is 46.3 Å². The van der Waals surface area contributed by atoms with Crippen LogP contribution in [0, 0.1) is 0 Å². The first-order valence-electron chi connectivity index (χ1n) is 3.26. The third kappa shape index (κ3) is 1.26. The van der Waals surface area contributed by atoms with Crippen molar-refractivity contribution < 1.29 is 4.79 Å². The van der Waals surface area contributed by atoms with E-state index in [4.69, 9.17) is 18.0 Å². The molecule has 1 atom stereocenters. The fourth-order valence-electron chi connectivity index (χ4n) is 1.22. The summed E-state index contributed by atoms with van der Waals surface area (Å²) in [5.74, 6) is 0. The Balaban J connectivity index is 2.58. The number of nitrogens with zero attached hydrogens (tertiary/aromatic N) is 1. The van der Waals surface area contributed by atoms with Crippen LogP contribution >= 0.6 is 12.2 Å². The van der Waals surface area contributed by atoms with Crippen molar-refractivity contribution in [3.63, 3.8) is 0 Å². The summed E-state index contributed by atoms with van der Waals surface area (Å²) in [5.41, 5.74) is 5.39. The molecule has 0 aliphatic carbocycles. The van der Waals surface area contributed by atoms with Crippen molar-refractivity contribution in [3.05, 3.63) is 0 Å². The van der Waals surface area contributed by atoms with Gasteiger partial charge in [-0.25, -0.2) is 0 Å². The van der Waals surface area contributed by atoms with Crippen LogP contribution in [0.2, 0.25) is 0 Å². The Labute approximate surface area is 65.2 Å². The smallest absolute Gasteiger partial charge is 0.210 e. The van der Waals surface area contributed by atoms with Gasteiger partial charge in [0.05, 0.1) is 11.0 Å². The number of hydrogen-bond donors (Lipinski definition) is 1. The molecule has 1 amide bonds. The highest BCUT2D eigenvalue weighted by Gasteiger charge is 2.24. The summed E-state index contributed by atoms with van der Waals surface area (Å²) in [6, 6.07) is 0.0208. The van der Waals surface area contributed by atoms with Crippen LogP contribution in [0.3, 0.4) is 0 Å². The molecule has 0 bridgehead atoms. The van der Waals surface area contributed by atoms with Gasteiger partial charge in [0.25, 0.3) is 0 Å². The second-order valence-electron chi connectivity index (χ2n) is 2.40. The van der Waals surface area contributed by atoms with Crippen molar-refractivity contribution in [2.75, 3.05) is 6.54 Å². The highest BCUT2D eigenvalue weighted by atomic mass is 32.1. The van der Waals surface area contributed by atoms with Gasteiger partial charge in [0.1, 0.15) is 0 Å². The van der Waals surface area contributed by atoms with Gasteiger partial charge in [-0.3, -0.25) is 4.79 Å². The Morgan fingerprint density at radius 2 is 2.50 bits per heavy atom. The molecule has 10 heavy (non-hydrogen) atoms. The number of carbonyl (C=O) groups is 1. The number of hydrogen-bond acceptors (Lipinski definition) is 2. The highest BCUT2D eigenvalue weighted by molar-refractivity contribution is 7.80. The van der Waals surface area contributed by atoms with Crippen molar-refractivity contribution in [3.8, 4) is 0 Å². The average molecular weight is 158 g/mol. The van der Waals surface area contributed by atoms with Crippen LogP contribution in [0.5, 0.6) is 0 Å². The summed E-state index contributed by atoms with van der Waals surface area (Å²) < 4.78 is 0. The second-order valence-corrected chi connectivity index (χ2v) is 2.88. The predicted octanol–water partition coefficient (Wildman–Crippen LogP) is -0.107. The van der Waals surface area contributed by atoms with Crippen molar-refractivity contribution in [2.45, 2.75) is 18.9 Å². The molecule has 3 nitrogen and oxygen atoms in total. The van der Waals surface area contributed by atoms with Crippen LogP contribution in [0.4, 0.5) is 0 Å². The summed E-state index contributed by atoms with van der Waals surface area (Å²) in [6.07, 6.45) is 2.76. The van der Waals surface area contributed by atoms with Crippen LogP contribution in [0.1, 0.15) is 12.8 Å². The van der Waals surface area contributed by atoms with Crippen molar-refractivity contribution in [1.82, 2.24) is 4.90 Å². The van der Waals surface area contributed by atoms with Gasteiger partial charge in [-0.05, 0) is 12.8 Å². The summed E-state index contributed by atoms with van der Waals surface area (Å²) in [5, 5.41) is 0. The molecule has 56 valence electrons. The molecular formula is C6H10N2OS. The van der Waals surface area contributed by atoms with Gasteiger partial charge in [-0.1, -0.05) is 12.2 Å². The molecule has 0 aromatic heterocycles. The zero-order valence-electron chi connectivity index (χ0n) is 5.62. The summed E-state index contributed by atoms with van der Waals surface area (Å²) >= 11 is 4.78. The fourth-order valence-corrected chi connectivity index (χ4v) is 1.47. The van der Waals surface area contributed by atoms with E-state index in [-0.39, 0.29) is 6.04 Å². The first kappa shape index (κ1) is 7.47. The molecule has 0 aromatic carbocycles. The highest BCUT2D eigenvalue weighted by Crippen LogP contribution is 2.14. The Hall–Kier alpha value is -0.640. The Morgan fingerprint density at radius 3 is 2.90 bits per heavy atom. The first-order valence-corrected chi connectivity index (χ1v) is 3.67. The number of likely N-dealkylation sites (tertiary alicyclic amines) is 1. The summed E-state index contributed by atoms with van der Waals surface area (Å²) in [7, 11) is 0. The van der Waals surface area contributed by atoms with Crippen LogP contribution in [-0.4, -0.2) is 28.9 Å². The van der Waals surface area contributed by atoms with Crippen LogP contribution in [-0.2, 0) is 4.79 Å². The monoisotopic (exact) mass is 158 g/mol. The maximum Gasteiger partial charge on any atom is 0.210 e. The van der Waals surface area contributed by atoms with E-state index in [2.05, 4.69) is 0 Å². The molecule has 0 saturated carbocycles. The predicted molar refractivity (Wildman–Crippen MR) is 42.6 cm³/mol. The lowest BCUT2D eigenvalue weighted by atomic mass is 10.2. The van der Waals surface area contributed by atoms with Crippen LogP contribution < -0.4 is 5.73 Å². The van der Waals surface area contributed by atoms with Crippen LogP contribution in [0.25, 0.3) is 0 Å². The van der Waals surface area contributed by atoms with E-state index in [9.17, 15) is 4.79 Å². The molecule has 4 heteroatoms. The van der Waals surface area contributed by atoms with Crippen molar-refractivity contribution in [2.24, 2.45) is 5.73 Å². The SMILES string of the molecule is NC(=S)[C@H]1CCCN1C=O. The van der Waals surface area contributed by atoms with E-state index >= 15 is 0 Å². The lowest BCUT2D eigenvalue weighted by Gasteiger charge is -2.17. The van der Waals surface area contributed by atoms with Gasteiger partial charge in [0.2, 0.25) is 6.41 Å². The van der Waals surface area contributed by atoms with Gasteiger partial charge < -0.3 is 10.6 Å². The molecule has 0 aromatic rings. The molecule has 0 unspecified atom stereocenters. The van der Waals surface area contributed by atoms with E-state index in [0.29, 0.717) is 4.99 Å². The first-order chi connectivity index (χ1) is 4.75. The number of rotatable bonds is 2. The maximum atomic E-state index is 10.3. The third-order valence-corrected chi connectivity index (χ3v) is 2.03. The molecule has 0 radical (unpaired) electrons. The van der Waals surface area contributed by atoms with Crippen molar-refractivity contribution >= 4 is 23.6 Å². The summed E-state index contributed by atoms with van der Waals surface area (Å²) in [4.78, 5) is 12.4. The molecule has 1 aliphatic rings. The molecule has 1 aliphatic heterocycles. The zero-order chi connectivity index (χ0) is 7.56. The minimum absolute atomic E-state index is 0.0208. The molecule has 1 fully saturated rings. The zero-order valence-corrected chi connectivity index (χ0v) is 6.43. The van der Waals surface area contributed by atoms with E-state index in [1.807, 2.05) is 0 Å². The molecular weight excluding hydrogens is 148 g/mol. The van der Waals surface area contributed by atoms with E-state index < -0.39 is 0 Å². The second kappa shape index (κ2) is 2.96. The lowest BCUT2D eigenvalue weighted by molar-refractivity contribution is -0.117. The lowest BCUT2D eigenvalue weighted by Crippen LogP contribution is -2.38. The minimum Gasteiger partial charge on any atom is -0.392 e. The number of amides is 1. The Morgan fingerprint density at radius 1 is 1.80 bits per heavy atom. The average Bonchev–Trinajstić information content (AvgIpc) is 2.33. The van der Waals surface area contributed by atoms with Gasteiger partial charge in [0, 0.05) is 6.54 Å². The largest absolute Gasteiger partial charge is 0.392 e. The Kier molecular flexibility index (Phi) is 2.21. The van der Waals surface area contributed by atoms with E-state index in [1.165, 1.54) is 0 Å². The molecule has 0 spiro atoms. The third-order valence-electron chi connectivity index (χ3n) is 1.76. The van der Waals surface area contributed by atoms with E-state index in [1.54, 1.807) is 4.90 Å². The summed E-state index contributed by atoms with van der Waals surface area (Å²) in [6.45, 7) is 0.797. The normalized spacial score (nSPS) is 24.8. The minimum atomic E-state index is 0.0208. The van der Waals surface area contributed by atoms with Crippen molar-refractivity contribution in [1.29, 1.82) is 0 Å². The van der Waals surface area contributed by atoms with Crippen LogP contribution in [0.15, 0.2) is 0 Å². The number of nitrogens with two attached hydrogens (primary N) is 1. The molecule has 1 saturated heterocycles. The Bertz CT molecular complexity index is 160. The number of thiocarbonyl (C=S) groups is 1. The van der Waals surface area contributed by atoms with E-state index in [0.717, 1.165) is 25.8 Å². The fraction of sp³-hybridized carbons (Fsp3) is 0.667. The van der Waals surface area contributed by atoms with Gasteiger partial charge in [0.15, 0.2) is 0 Å². The van der Waals surface area contributed by atoms with Gasteiger partial charge >= 0.3 is 0 Å². The molecule has 1 rings (SSSR count). The van der Waals surface area contributed by atoms with Gasteiger partial charge in [-0.2, -0.15) is 0 Å². The quantitative estimate of drug-likeness (QED) is 0.450.